The first-order valence-corrected chi connectivity index (χ1v) is 13.4. The molecular weight excluding hydrogens is 653 g/mol. The SMILES string of the molecule is C[C]1C(C)=C(C)C(C)=C1C.[C-]#[O+].[C-]#[O+].[Re].c1ccc([As](c2ccccc2)c2ccccc2)cc1. The first-order chi connectivity index (χ1) is 16.0. The third-order valence-corrected chi connectivity index (χ3v) is 11.0. The molecule has 0 fully saturated rings. The van der Waals surface area contributed by atoms with Crippen molar-refractivity contribution in [3.05, 3.63) is 133 Å². The van der Waals surface area contributed by atoms with Crippen LogP contribution in [0.4, 0.5) is 0 Å². The monoisotopic (exact) mass is 684 g/mol. The molecule has 0 unspecified atom stereocenters. The van der Waals surface area contributed by atoms with Crippen LogP contribution in [0.25, 0.3) is 0 Å². The van der Waals surface area contributed by atoms with Gasteiger partial charge < -0.3 is 0 Å². The summed E-state index contributed by atoms with van der Waals surface area (Å²) in [5, 5.41) is 0. The van der Waals surface area contributed by atoms with E-state index in [9.17, 15) is 0 Å². The van der Waals surface area contributed by atoms with Crippen LogP contribution >= 0.6 is 0 Å². The summed E-state index contributed by atoms with van der Waals surface area (Å²) in [6.45, 7) is 20.0. The van der Waals surface area contributed by atoms with Crippen molar-refractivity contribution in [3.63, 3.8) is 0 Å². The maximum absolute atomic E-state index is 7.50. The minimum absolute atomic E-state index is 0. The van der Waals surface area contributed by atoms with Crippen LogP contribution in [0.5, 0.6) is 0 Å². The topological polar surface area (TPSA) is 39.8 Å². The van der Waals surface area contributed by atoms with Crippen LogP contribution in [0.3, 0.4) is 0 Å². The summed E-state index contributed by atoms with van der Waals surface area (Å²) < 4.78 is 19.4. The molecule has 3 aromatic rings. The molecule has 4 rings (SSSR count). The molecule has 0 aliphatic heterocycles. The second kappa shape index (κ2) is 17.3. The zero-order chi connectivity index (χ0) is 24.8. The number of hydrogen-bond donors (Lipinski definition) is 0. The molecule has 174 valence electrons. The zero-order valence-corrected chi connectivity index (χ0v) is 24.9. The van der Waals surface area contributed by atoms with Crippen LogP contribution in [0, 0.1) is 19.2 Å². The summed E-state index contributed by atoms with van der Waals surface area (Å²) >= 11 is -1.39. The average Bonchev–Trinajstić information content (AvgIpc) is 3.06. The van der Waals surface area contributed by atoms with Crippen LogP contribution in [0.1, 0.15) is 34.6 Å². The van der Waals surface area contributed by atoms with E-state index in [0.29, 0.717) is 0 Å². The zero-order valence-electron chi connectivity index (χ0n) is 20.3. The van der Waals surface area contributed by atoms with Gasteiger partial charge in [-0.1, -0.05) is 18.1 Å². The number of allylic oxidation sites excluding steroid dienone is 4. The molecule has 2 nitrogen and oxygen atoms in total. The second-order valence-corrected chi connectivity index (χ2v) is 12.1. The summed E-state index contributed by atoms with van der Waals surface area (Å²) in [6.07, 6.45) is 0. The Labute approximate surface area is 223 Å². The molecule has 0 atom stereocenters. The molecule has 3 aromatic carbocycles. The van der Waals surface area contributed by atoms with Crippen molar-refractivity contribution in [2.24, 2.45) is 0 Å². The van der Waals surface area contributed by atoms with Gasteiger partial charge in [-0.25, -0.2) is 0 Å². The van der Waals surface area contributed by atoms with Crippen LogP contribution in [-0.2, 0) is 29.7 Å². The van der Waals surface area contributed by atoms with Gasteiger partial charge in [0.1, 0.15) is 0 Å². The number of rotatable bonds is 3. The molecule has 1 aliphatic rings. The summed E-state index contributed by atoms with van der Waals surface area (Å²) in [5.74, 6) is 1.47. The van der Waals surface area contributed by atoms with Gasteiger partial charge in [0.15, 0.2) is 0 Å². The van der Waals surface area contributed by atoms with E-state index in [1.165, 1.54) is 41.3 Å². The molecule has 0 amide bonds. The van der Waals surface area contributed by atoms with Gasteiger partial charge in [-0.2, -0.15) is 0 Å². The Kier molecular flexibility index (Phi) is 16.2. The van der Waals surface area contributed by atoms with Gasteiger partial charge in [0.25, 0.3) is 0 Å². The van der Waals surface area contributed by atoms with Crippen molar-refractivity contribution >= 4 is 27.7 Å². The van der Waals surface area contributed by atoms with Crippen LogP contribution in [-0.4, -0.2) is 14.7 Å². The quantitative estimate of drug-likeness (QED) is 0.202. The Balaban J connectivity index is 0.000000620. The Morgan fingerprint density at radius 1 is 0.441 bits per heavy atom. The van der Waals surface area contributed by atoms with Gasteiger partial charge in [0, 0.05) is 26.3 Å². The molecule has 4 heteroatoms. The molecular formula is C30H30AsO2Re. The third kappa shape index (κ3) is 8.56. The average molecular weight is 684 g/mol. The van der Waals surface area contributed by atoms with E-state index in [1.807, 2.05) is 0 Å². The Morgan fingerprint density at radius 2 is 0.676 bits per heavy atom. The van der Waals surface area contributed by atoms with Crippen molar-refractivity contribution in [2.45, 2.75) is 34.6 Å². The Hall–Kier alpha value is -2.16. The number of hydrogen-bond acceptors (Lipinski definition) is 0. The van der Waals surface area contributed by atoms with Gasteiger partial charge in [-0.15, -0.1) is 0 Å². The molecule has 0 saturated carbocycles. The fourth-order valence-corrected chi connectivity index (χ4v) is 8.42. The van der Waals surface area contributed by atoms with Crippen molar-refractivity contribution in [1.82, 2.24) is 0 Å². The predicted molar refractivity (Wildman–Crippen MR) is 138 cm³/mol. The van der Waals surface area contributed by atoms with E-state index >= 15 is 0 Å². The Bertz CT molecular complexity index is 961. The molecule has 0 aromatic heterocycles. The third-order valence-electron chi connectivity index (χ3n) is 5.86. The summed E-state index contributed by atoms with van der Waals surface area (Å²) in [6, 6.07) is 32.7. The molecule has 0 spiro atoms. The van der Waals surface area contributed by atoms with Crippen LogP contribution < -0.4 is 13.1 Å². The number of benzene rings is 3. The van der Waals surface area contributed by atoms with Crippen molar-refractivity contribution in [1.29, 1.82) is 0 Å². The molecule has 0 saturated heterocycles. The van der Waals surface area contributed by atoms with E-state index in [-0.39, 0.29) is 20.4 Å². The second-order valence-electron chi connectivity index (χ2n) is 7.47. The summed E-state index contributed by atoms with van der Waals surface area (Å²) in [5.41, 5.74) is 5.87. The van der Waals surface area contributed by atoms with Gasteiger partial charge in [-0.05, 0) is 38.8 Å². The first kappa shape index (κ1) is 31.8. The summed E-state index contributed by atoms with van der Waals surface area (Å²) in [7, 11) is 0. The Morgan fingerprint density at radius 3 is 0.853 bits per heavy atom. The van der Waals surface area contributed by atoms with E-state index in [1.54, 1.807) is 0 Å². The standard InChI is InChI=1S/C18H15As.C10H15.2CO.Re/c1-4-10-16(11-5-1)19(17-12-6-2-7-13-17)18-14-8-3-9-15-18;1-6-7(2)9(4)10(5)8(6)3;2*1-2;/h1-15H;1-5H3;;;. The predicted octanol–water partition coefficient (Wildman–Crippen LogP) is 5.39. The fourth-order valence-electron chi connectivity index (χ4n) is 3.58. The minimum atomic E-state index is -1.39. The van der Waals surface area contributed by atoms with E-state index < -0.39 is 14.7 Å². The molecule has 0 heterocycles. The van der Waals surface area contributed by atoms with E-state index in [4.69, 9.17) is 9.30 Å². The van der Waals surface area contributed by atoms with Crippen LogP contribution in [0.15, 0.2) is 113 Å². The molecule has 1 aliphatic carbocycles. The molecule has 2 radical (unpaired) electrons. The molecule has 34 heavy (non-hydrogen) atoms. The maximum atomic E-state index is 7.50. The summed E-state index contributed by atoms with van der Waals surface area (Å²) in [4.78, 5) is 0. The van der Waals surface area contributed by atoms with Crippen LogP contribution in [0.2, 0.25) is 0 Å². The normalized spacial score (nSPS) is 12.3. The van der Waals surface area contributed by atoms with Crippen molar-refractivity contribution in [3.8, 4) is 0 Å². The van der Waals surface area contributed by atoms with Crippen molar-refractivity contribution in [2.75, 3.05) is 0 Å². The van der Waals surface area contributed by atoms with Gasteiger partial charge in [-0.3, -0.25) is 0 Å². The van der Waals surface area contributed by atoms with Gasteiger partial charge in [0.2, 0.25) is 0 Å². The molecule has 0 N–H and O–H groups in total. The van der Waals surface area contributed by atoms with Gasteiger partial charge in [0.05, 0.1) is 0 Å². The van der Waals surface area contributed by atoms with E-state index in [0.717, 1.165) is 0 Å². The molecule has 0 bridgehead atoms. The first-order valence-electron chi connectivity index (χ1n) is 10.6. The van der Waals surface area contributed by atoms with E-state index in [2.05, 4.69) is 139 Å². The fraction of sp³-hybridized carbons (Fsp3) is 0.167. The van der Waals surface area contributed by atoms with Gasteiger partial charge >= 0.3 is 141 Å². The van der Waals surface area contributed by atoms with Crippen molar-refractivity contribution < 1.29 is 29.7 Å².